The van der Waals surface area contributed by atoms with Crippen LogP contribution in [0.4, 0.5) is 0 Å². The van der Waals surface area contributed by atoms with Gasteiger partial charge in [0.15, 0.2) is 22.3 Å². The molecule has 4 N–H and O–H groups in total. The van der Waals surface area contributed by atoms with E-state index in [0.717, 1.165) is 0 Å². The normalized spacial score (nSPS) is 11.5. The van der Waals surface area contributed by atoms with Crippen LogP contribution in [0.15, 0.2) is 22.2 Å². The molecule has 0 saturated carbocycles. The summed E-state index contributed by atoms with van der Waals surface area (Å²) in [6.45, 7) is 0. The average molecular weight is 302 g/mol. The number of H-pyrrole nitrogens is 2. The van der Waals surface area contributed by atoms with Crippen LogP contribution in [0.5, 0.6) is 11.9 Å². The Kier molecular flexibility index (Phi) is 2.14. The molecule has 0 aliphatic rings. The second kappa shape index (κ2) is 3.91. The minimum absolute atomic E-state index is 0.00366. The molecule has 0 aliphatic heterocycles. The summed E-state index contributed by atoms with van der Waals surface area (Å²) in [5.74, 6) is -0.503. The fourth-order valence-electron chi connectivity index (χ4n) is 2.11. The number of fused-ring (bicyclic) bond motifs is 2. The number of aromatic amines is 2. The molecule has 12 nitrogen and oxygen atoms in total. The van der Waals surface area contributed by atoms with E-state index >= 15 is 0 Å². The summed E-state index contributed by atoms with van der Waals surface area (Å²) in [6, 6.07) is -0.650. The van der Waals surface area contributed by atoms with E-state index in [1.807, 2.05) is 0 Å². The molecule has 4 aromatic heterocycles. The summed E-state index contributed by atoms with van der Waals surface area (Å²) in [5.41, 5.74) is -1.15. The van der Waals surface area contributed by atoms with Gasteiger partial charge in [0, 0.05) is 0 Å². The van der Waals surface area contributed by atoms with Crippen molar-refractivity contribution < 1.29 is 10.2 Å². The molecule has 0 amide bonds. The van der Waals surface area contributed by atoms with E-state index < -0.39 is 23.1 Å². The lowest BCUT2D eigenvalue weighted by Gasteiger charge is -2.05. The summed E-state index contributed by atoms with van der Waals surface area (Å²) in [6.07, 6.45) is 2.52. The predicted octanol–water partition coefficient (Wildman–Crippen LogP) is -1.72. The van der Waals surface area contributed by atoms with E-state index in [1.54, 1.807) is 0 Å². The van der Waals surface area contributed by atoms with Crippen molar-refractivity contribution in [3.05, 3.63) is 33.5 Å². The summed E-state index contributed by atoms with van der Waals surface area (Å²) in [4.78, 5) is 42.5. The summed E-state index contributed by atoms with van der Waals surface area (Å²) in [7, 11) is 0. The molecule has 4 rings (SSSR count). The highest BCUT2D eigenvalue weighted by Crippen LogP contribution is 2.22. The van der Waals surface area contributed by atoms with Gasteiger partial charge in [0.1, 0.15) is 12.7 Å². The number of aromatic hydroxyl groups is 2. The van der Waals surface area contributed by atoms with Gasteiger partial charge in [-0.3, -0.25) is 14.8 Å². The molecular formula is C10H6N8O4. The first-order chi connectivity index (χ1) is 10.5. The molecule has 110 valence electrons. The molecular weight excluding hydrogens is 296 g/mol. The molecule has 0 bridgehead atoms. The standard InChI is InChI=1S/C10H6N8O4/c19-7-3-5(13-9(21)15-7)17(1-11-3)18-2-12-4-6(18)14-10(22)16-8(4)20/h1-2H,(H2,13,15,19,21)(H2,14,16,20,22). The van der Waals surface area contributed by atoms with Crippen LogP contribution < -0.4 is 11.2 Å². The maximum Gasteiger partial charge on any atom is 0.327 e. The Hall–Kier alpha value is -3.70. The molecule has 0 atom stereocenters. The second-order valence-electron chi connectivity index (χ2n) is 4.30. The van der Waals surface area contributed by atoms with Crippen LogP contribution in [-0.4, -0.2) is 49.5 Å². The third kappa shape index (κ3) is 1.51. The number of hydrogen-bond donors (Lipinski definition) is 4. The Labute approximate surface area is 118 Å². The molecule has 0 radical (unpaired) electrons. The van der Waals surface area contributed by atoms with Crippen molar-refractivity contribution in [1.82, 2.24) is 39.3 Å². The predicted molar refractivity (Wildman–Crippen MR) is 70.4 cm³/mol. The van der Waals surface area contributed by atoms with Crippen molar-refractivity contribution in [2.75, 3.05) is 0 Å². The van der Waals surface area contributed by atoms with Crippen LogP contribution in [0, 0.1) is 0 Å². The van der Waals surface area contributed by atoms with Gasteiger partial charge >= 0.3 is 11.7 Å². The van der Waals surface area contributed by atoms with Gasteiger partial charge in [-0.05, 0) is 0 Å². The molecule has 0 saturated heterocycles. The van der Waals surface area contributed by atoms with Crippen LogP contribution in [0.1, 0.15) is 0 Å². The van der Waals surface area contributed by atoms with E-state index in [9.17, 15) is 19.8 Å². The van der Waals surface area contributed by atoms with Gasteiger partial charge in [0.25, 0.3) is 5.56 Å². The lowest BCUT2D eigenvalue weighted by Crippen LogP contribution is -2.23. The maximum absolute atomic E-state index is 11.7. The first-order valence-corrected chi connectivity index (χ1v) is 5.88. The van der Waals surface area contributed by atoms with Crippen LogP contribution in [-0.2, 0) is 0 Å². The van der Waals surface area contributed by atoms with Crippen molar-refractivity contribution in [2.24, 2.45) is 0 Å². The first-order valence-electron chi connectivity index (χ1n) is 5.88. The number of nitrogens with zero attached hydrogens (tertiary/aromatic N) is 6. The molecule has 0 aliphatic carbocycles. The van der Waals surface area contributed by atoms with Crippen molar-refractivity contribution >= 4 is 22.3 Å². The molecule has 0 aromatic carbocycles. The van der Waals surface area contributed by atoms with Gasteiger partial charge in [-0.25, -0.2) is 24.1 Å². The highest BCUT2D eigenvalue weighted by molar-refractivity contribution is 5.77. The quantitative estimate of drug-likeness (QED) is 0.322. The van der Waals surface area contributed by atoms with Crippen LogP contribution >= 0.6 is 0 Å². The lowest BCUT2D eigenvalue weighted by molar-refractivity contribution is 0.402. The maximum atomic E-state index is 11.7. The molecule has 4 aromatic rings. The zero-order chi connectivity index (χ0) is 15.4. The fourth-order valence-corrected chi connectivity index (χ4v) is 2.11. The van der Waals surface area contributed by atoms with E-state index in [4.69, 9.17) is 0 Å². The Morgan fingerprint density at radius 1 is 0.955 bits per heavy atom. The number of nitrogens with one attached hydrogen (secondary N) is 2. The monoisotopic (exact) mass is 302 g/mol. The minimum Gasteiger partial charge on any atom is -0.492 e. The van der Waals surface area contributed by atoms with Crippen molar-refractivity contribution in [2.45, 2.75) is 0 Å². The van der Waals surface area contributed by atoms with Gasteiger partial charge in [0.05, 0.1) is 0 Å². The third-order valence-electron chi connectivity index (χ3n) is 3.00. The largest absolute Gasteiger partial charge is 0.492 e. The summed E-state index contributed by atoms with van der Waals surface area (Å²) >= 11 is 0. The van der Waals surface area contributed by atoms with Crippen molar-refractivity contribution in [1.29, 1.82) is 0 Å². The van der Waals surface area contributed by atoms with Gasteiger partial charge in [-0.2, -0.15) is 9.97 Å². The number of imidazole rings is 2. The Morgan fingerprint density at radius 3 is 2.50 bits per heavy atom. The lowest BCUT2D eigenvalue weighted by atomic mass is 10.5. The van der Waals surface area contributed by atoms with E-state index in [-0.39, 0.29) is 22.3 Å². The Morgan fingerprint density at radius 2 is 1.68 bits per heavy atom. The number of aromatic nitrogens is 8. The SMILES string of the molecule is O=c1[nH]c(=O)c2ncn(-n3cnc4c(O)nc(O)nc43)c2[nH]1. The van der Waals surface area contributed by atoms with Gasteiger partial charge in [-0.15, -0.1) is 0 Å². The molecule has 4 heterocycles. The van der Waals surface area contributed by atoms with Crippen LogP contribution in [0.3, 0.4) is 0 Å². The smallest absolute Gasteiger partial charge is 0.327 e. The molecule has 0 fully saturated rings. The van der Waals surface area contributed by atoms with E-state index in [0.29, 0.717) is 0 Å². The number of rotatable bonds is 1. The molecule has 22 heavy (non-hydrogen) atoms. The van der Waals surface area contributed by atoms with E-state index in [2.05, 4.69) is 29.9 Å². The zero-order valence-corrected chi connectivity index (χ0v) is 10.5. The summed E-state index contributed by atoms with van der Waals surface area (Å²) in [5, 5.41) is 19.0. The minimum atomic E-state index is -0.705. The second-order valence-corrected chi connectivity index (χ2v) is 4.30. The van der Waals surface area contributed by atoms with Gasteiger partial charge in [0.2, 0.25) is 5.88 Å². The average Bonchev–Trinajstić information content (AvgIpc) is 3.02. The Bertz CT molecular complexity index is 1150. The Balaban J connectivity index is 2.12. The third-order valence-corrected chi connectivity index (χ3v) is 3.00. The molecule has 0 unspecified atom stereocenters. The zero-order valence-electron chi connectivity index (χ0n) is 10.5. The summed E-state index contributed by atoms with van der Waals surface area (Å²) < 4.78 is 2.56. The molecule has 12 heteroatoms. The first kappa shape index (κ1) is 12.1. The fraction of sp³-hybridized carbons (Fsp3) is 0. The van der Waals surface area contributed by atoms with Gasteiger partial charge in [-0.1, -0.05) is 0 Å². The number of hydrogen-bond acceptors (Lipinski definition) is 8. The highest BCUT2D eigenvalue weighted by atomic mass is 16.3. The van der Waals surface area contributed by atoms with E-state index in [1.165, 1.54) is 22.0 Å². The van der Waals surface area contributed by atoms with Crippen molar-refractivity contribution in [3.63, 3.8) is 0 Å². The van der Waals surface area contributed by atoms with Crippen molar-refractivity contribution in [3.8, 4) is 11.9 Å². The van der Waals surface area contributed by atoms with Gasteiger partial charge < -0.3 is 10.2 Å². The topological polar surface area (TPSA) is 168 Å². The van der Waals surface area contributed by atoms with Crippen LogP contribution in [0.2, 0.25) is 0 Å². The highest BCUT2D eigenvalue weighted by Gasteiger charge is 2.16. The van der Waals surface area contributed by atoms with Crippen LogP contribution in [0.25, 0.3) is 22.3 Å². The molecule has 0 spiro atoms.